The van der Waals surface area contributed by atoms with Gasteiger partial charge in [0, 0.05) is 49.2 Å². The Morgan fingerprint density at radius 3 is 2.67 bits per heavy atom. The quantitative estimate of drug-likeness (QED) is 0.502. The van der Waals surface area contributed by atoms with E-state index in [2.05, 4.69) is 10.3 Å². The highest BCUT2D eigenvalue weighted by Gasteiger charge is 2.21. The number of benzene rings is 2. The van der Waals surface area contributed by atoms with Gasteiger partial charge < -0.3 is 14.4 Å². The Morgan fingerprint density at radius 1 is 1.09 bits per heavy atom. The molecule has 1 amide bonds. The summed E-state index contributed by atoms with van der Waals surface area (Å²) in [6, 6.07) is 11.6. The Balaban J connectivity index is 1.37. The van der Waals surface area contributed by atoms with Crippen LogP contribution in [-0.4, -0.2) is 60.6 Å². The molecule has 33 heavy (non-hydrogen) atoms. The van der Waals surface area contributed by atoms with E-state index in [9.17, 15) is 9.18 Å². The molecule has 174 valence electrons. The molecule has 1 fully saturated rings. The maximum atomic E-state index is 13.2. The van der Waals surface area contributed by atoms with Gasteiger partial charge in [-0.2, -0.15) is 0 Å². The van der Waals surface area contributed by atoms with Crippen LogP contribution in [0.2, 0.25) is 0 Å². The topological polar surface area (TPSA) is 54.9 Å². The van der Waals surface area contributed by atoms with E-state index in [-0.39, 0.29) is 11.7 Å². The lowest BCUT2D eigenvalue weighted by Crippen LogP contribution is -2.35. The lowest BCUT2D eigenvalue weighted by Gasteiger charge is -2.21. The van der Waals surface area contributed by atoms with E-state index in [1.165, 1.54) is 12.1 Å². The summed E-state index contributed by atoms with van der Waals surface area (Å²) < 4.78 is 24.2. The second-order valence-corrected chi connectivity index (χ2v) is 8.73. The van der Waals surface area contributed by atoms with Crippen molar-refractivity contribution in [1.29, 1.82) is 0 Å². The monoisotopic (exact) mass is 469 g/mol. The first-order chi connectivity index (χ1) is 16.1. The van der Waals surface area contributed by atoms with E-state index in [0.717, 1.165) is 48.1 Å². The maximum absolute atomic E-state index is 13.2. The zero-order chi connectivity index (χ0) is 23.2. The third kappa shape index (κ3) is 5.69. The fraction of sp³-hybridized carbons (Fsp3) is 0.360. The maximum Gasteiger partial charge on any atom is 0.253 e. The molecule has 0 spiro atoms. The third-order valence-corrected chi connectivity index (χ3v) is 6.55. The van der Waals surface area contributed by atoms with Crippen LogP contribution in [0.25, 0.3) is 10.6 Å². The lowest BCUT2D eigenvalue weighted by molar-refractivity contribution is 0.0761. The van der Waals surface area contributed by atoms with Crippen LogP contribution < -0.4 is 9.47 Å². The number of aromatic nitrogens is 1. The SMILES string of the molecule is CCOc1ccc(-c2nc(CN3CCCN(C(=O)c4ccc(F)cc4)CC3)cs2)cc1OC. The molecular formula is C25H28FN3O3S. The van der Waals surface area contributed by atoms with Crippen LogP contribution in [0.1, 0.15) is 29.4 Å². The number of rotatable bonds is 7. The van der Waals surface area contributed by atoms with Crippen molar-refractivity contribution in [2.24, 2.45) is 0 Å². The highest BCUT2D eigenvalue weighted by molar-refractivity contribution is 7.13. The van der Waals surface area contributed by atoms with Gasteiger partial charge in [0.2, 0.25) is 0 Å². The number of ether oxygens (including phenoxy) is 2. The smallest absolute Gasteiger partial charge is 0.253 e. The van der Waals surface area contributed by atoms with Gasteiger partial charge in [0.25, 0.3) is 5.91 Å². The number of carbonyl (C=O) groups excluding carboxylic acids is 1. The molecule has 2 heterocycles. The molecule has 4 rings (SSSR count). The highest BCUT2D eigenvalue weighted by atomic mass is 32.1. The van der Waals surface area contributed by atoms with E-state index in [4.69, 9.17) is 14.5 Å². The summed E-state index contributed by atoms with van der Waals surface area (Å²) in [5.41, 5.74) is 2.54. The van der Waals surface area contributed by atoms with Crippen molar-refractivity contribution in [2.45, 2.75) is 19.9 Å². The Hall–Kier alpha value is -2.97. The normalized spacial score (nSPS) is 14.7. The standard InChI is InChI=1S/C25H28FN3O3S/c1-3-32-22-10-7-19(15-23(22)31-2)24-27-21(17-33-24)16-28-11-4-12-29(14-13-28)25(30)18-5-8-20(26)9-6-18/h5-10,15,17H,3-4,11-14,16H2,1-2H3. The molecule has 1 aliphatic heterocycles. The molecule has 0 atom stereocenters. The molecule has 8 heteroatoms. The summed E-state index contributed by atoms with van der Waals surface area (Å²) in [4.78, 5) is 21.8. The van der Waals surface area contributed by atoms with E-state index < -0.39 is 0 Å². The van der Waals surface area contributed by atoms with Crippen LogP contribution in [0.3, 0.4) is 0 Å². The molecule has 0 aliphatic carbocycles. The Labute approximate surface area is 197 Å². The number of methoxy groups -OCH3 is 1. The number of carbonyl (C=O) groups is 1. The van der Waals surface area contributed by atoms with Crippen molar-refractivity contribution in [2.75, 3.05) is 39.9 Å². The molecule has 1 aromatic heterocycles. The van der Waals surface area contributed by atoms with E-state index in [1.807, 2.05) is 30.0 Å². The van der Waals surface area contributed by atoms with E-state index in [0.29, 0.717) is 31.0 Å². The molecule has 0 unspecified atom stereocenters. The van der Waals surface area contributed by atoms with Crippen molar-refractivity contribution in [1.82, 2.24) is 14.8 Å². The zero-order valence-corrected chi connectivity index (χ0v) is 19.7. The van der Waals surface area contributed by atoms with Gasteiger partial charge in [0.15, 0.2) is 11.5 Å². The van der Waals surface area contributed by atoms with E-state index in [1.54, 1.807) is 30.6 Å². The predicted molar refractivity (Wildman–Crippen MR) is 127 cm³/mol. The first-order valence-electron chi connectivity index (χ1n) is 11.1. The third-order valence-electron chi connectivity index (χ3n) is 5.61. The summed E-state index contributed by atoms with van der Waals surface area (Å²) >= 11 is 1.61. The van der Waals surface area contributed by atoms with Crippen LogP contribution in [0, 0.1) is 5.82 Å². The number of halogens is 1. The van der Waals surface area contributed by atoms with Crippen LogP contribution in [0.5, 0.6) is 11.5 Å². The van der Waals surface area contributed by atoms with Gasteiger partial charge in [0.05, 0.1) is 19.4 Å². The fourth-order valence-electron chi connectivity index (χ4n) is 3.92. The number of hydrogen-bond donors (Lipinski definition) is 0. The first kappa shape index (κ1) is 23.2. The van der Waals surface area contributed by atoms with Crippen LogP contribution >= 0.6 is 11.3 Å². The largest absolute Gasteiger partial charge is 0.493 e. The molecule has 0 N–H and O–H groups in total. The molecule has 0 saturated carbocycles. The van der Waals surface area contributed by atoms with Crippen molar-refractivity contribution < 1.29 is 18.7 Å². The van der Waals surface area contributed by atoms with Crippen molar-refractivity contribution >= 4 is 17.2 Å². The second kappa shape index (κ2) is 10.8. The molecule has 6 nitrogen and oxygen atoms in total. The molecule has 1 aliphatic rings. The second-order valence-electron chi connectivity index (χ2n) is 7.87. The van der Waals surface area contributed by atoms with E-state index >= 15 is 0 Å². The van der Waals surface area contributed by atoms with Gasteiger partial charge in [-0.1, -0.05) is 0 Å². The minimum atomic E-state index is -0.333. The summed E-state index contributed by atoms with van der Waals surface area (Å²) in [5, 5.41) is 3.03. The van der Waals surface area contributed by atoms with Gasteiger partial charge >= 0.3 is 0 Å². The molecule has 3 aromatic rings. The number of amides is 1. The molecular weight excluding hydrogens is 441 g/mol. The number of hydrogen-bond acceptors (Lipinski definition) is 6. The van der Waals surface area contributed by atoms with Crippen LogP contribution in [-0.2, 0) is 6.54 Å². The summed E-state index contributed by atoms with van der Waals surface area (Å²) in [6.07, 6.45) is 0.889. The van der Waals surface area contributed by atoms with Crippen molar-refractivity contribution in [3.05, 3.63) is 64.9 Å². The van der Waals surface area contributed by atoms with Crippen LogP contribution in [0.4, 0.5) is 4.39 Å². The lowest BCUT2D eigenvalue weighted by atomic mass is 10.2. The summed E-state index contributed by atoms with van der Waals surface area (Å²) in [6.45, 7) is 6.28. The van der Waals surface area contributed by atoms with Gasteiger partial charge in [-0.3, -0.25) is 9.69 Å². The molecule has 2 aromatic carbocycles. The number of thiazole rings is 1. The average Bonchev–Trinajstić information content (AvgIpc) is 3.17. The minimum absolute atomic E-state index is 0.0442. The predicted octanol–water partition coefficient (Wildman–Crippen LogP) is 4.70. The fourth-order valence-corrected chi connectivity index (χ4v) is 4.73. The first-order valence-corrected chi connectivity index (χ1v) is 12.0. The Kier molecular flexibility index (Phi) is 7.57. The molecule has 0 bridgehead atoms. The zero-order valence-electron chi connectivity index (χ0n) is 18.9. The van der Waals surface area contributed by atoms with Gasteiger partial charge in [0.1, 0.15) is 10.8 Å². The Morgan fingerprint density at radius 2 is 1.91 bits per heavy atom. The van der Waals surface area contributed by atoms with Crippen LogP contribution in [0.15, 0.2) is 47.8 Å². The highest BCUT2D eigenvalue weighted by Crippen LogP contribution is 2.34. The van der Waals surface area contributed by atoms with Gasteiger partial charge in [-0.15, -0.1) is 11.3 Å². The van der Waals surface area contributed by atoms with Crippen molar-refractivity contribution in [3.63, 3.8) is 0 Å². The molecule has 0 radical (unpaired) electrons. The Bertz CT molecular complexity index is 1090. The minimum Gasteiger partial charge on any atom is -0.493 e. The van der Waals surface area contributed by atoms with Gasteiger partial charge in [-0.05, 0) is 55.8 Å². The summed E-state index contributed by atoms with van der Waals surface area (Å²) in [5.74, 6) is 1.05. The average molecular weight is 470 g/mol. The number of nitrogens with zero attached hydrogens (tertiary/aromatic N) is 3. The summed E-state index contributed by atoms with van der Waals surface area (Å²) in [7, 11) is 1.64. The van der Waals surface area contributed by atoms with Gasteiger partial charge in [-0.25, -0.2) is 9.37 Å². The molecule has 1 saturated heterocycles. The van der Waals surface area contributed by atoms with Crippen molar-refractivity contribution in [3.8, 4) is 22.1 Å².